The summed E-state index contributed by atoms with van der Waals surface area (Å²) in [4.78, 5) is 22.5. The maximum atomic E-state index is 11.8. The van der Waals surface area contributed by atoms with Crippen LogP contribution < -0.4 is 5.32 Å². The number of nitrogens with one attached hydrogen (secondary N) is 1. The van der Waals surface area contributed by atoms with Gasteiger partial charge in [-0.2, -0.15) is 0 Å². The Hall–Kier alpha value is -1.89. The number of carboxylic acids is 1. The summed E-state index contributed by atoms with van der Waals surface area (Å²) in [7, 11) is -4.01. The summed E-state index contributed by atoms with van der Waals surface area (Å²) in [5.41, 5.74) is 1.40. The van der Waals surface area contributed by atoms with E-state index in [0.29, 0.717) is 5.69 Å². The highest BCUT2D eigenvalue weighted by molar-refractivity contribution is 7.93. The van der Waals surface area contributed by atoms with E-state index < -0.39 is 32.7 Å². The fourth-order valence-corrected chi connectivity index (χ4v) is 3.24. The number of rotatable bonds is 6. The highest BCUT2D eigenvalue weighted by atomic mass is 32.2. The maximum absolute atomic E-state index is 11.8. The van der Waals surface area contributed by atoms with Crippen molar-refractivity contribution in [3.63, 3.8) is 0 Å². The lowest BCUT2D eigenvalue weighted by molar-refractivity contribution is -0.136. The Balaban J connectivity index is 2.78. The fourth-order valence-electron chi connectivity index (χ4n) is 1.79. The third kappa shape index (κ3) is 4.34. The van der Waals surface area contributed by atoms with Crippen LogP contribution in [0.5, 0.6) is 0 Å². The van der Waals surface area contributed by atoms with Gasteiger partial charge in [0, 0.05) is 5.69 Å². The van der Waals surface area contributed by atoms with Crippen LogP contribution in [0.3, 0.4) is 0 Å². The normalized spacial score (nSPS) is 12.7. The molecule has 0 saturated heterocycles. The minimum Gasteiger partial charge on any atom is -0.480 e. The molecule has 1 amide bonds. The number of carboxylic acid groups (broad SMARTS) is 1. The smallest absolute Gasteiger partial charge is 0.321 e. The van der Waals surface area contributed by atoms with Gasteiger partial charge in [-0.3, -0.25) is 9.59 Å². The van der Waals surface area contributed by atoms with Gasteiger partial charge in [0.05, 0.1) is 0 Å². The molecule has 1 aromatic rings. The van der Waals surface area contributed by atoms with Gasteiger partial charge in [0.25, 0.3) is 0 Å². The zero-order chi connectivity index (χ0) is 15.3. The molecule has 0 aliphatic rings. The summed E-state index contributed by atoms with van der Waals surface area (Å²) in [5.74, 6) is -3.02. The second-order valence-electron chi connectivity index (χ2n) is 4.46. The van der Waals surface area contributed by atoms with Crippen molar-refractivity contribution in [1.29, 1.82) is 0 Å². The van der Waals surface area contributed by atoms with Crippen LogP contribution in [-0.4, -0.2) is 36.4 Å². The molecule has 110 valence electrons. The molecule has 0 bridgehead atoms. The SMILES string of the molecule is CCC(C(=O)O)S(=O)(=O)CC(=O)Nc1cccc(C)c1. The predicted molar refractivity (Wildman–Crippen MR) is 75.3 cm³/mol. The van der Waals surface area contributed by atoms with Gasteiger partial charge in [0.2, 0.25) is 5.91 Å². The molecule has 0 aliphatic carbocycles. The first kappa shape index (κ1) is 16.2. The van der Waals surface area contributed by atoms with Crippen LogP contribution >= 0.6 is 0 Å². The Morgan fingerprint density at radius 3 is 2.50 bits per heavy atom. The van der Waals surface area contributed by atoms with E-state index in [1.807, 2.05) is 13.0 Å². The highest BCUT2D eigenvalue weighted by Gasteiger charge is 2.32. The standard InChI is InChI=1S/C13H17NO5S/c1-3-11(13(16)17)20(18,19)8-12(15)14-10-6-4-5-9(2)7-10/h4-7,11H,3,8H2,1-2H3,(H,14,15)(H,16,17). The molecule has 6 nitrogen and oxygen atoms in total. The molecule has 0 aromatic heterocycles. The van der Waals surface area contributed by atoms with Crippen molar-refractivity contribution in [3.05, 3.63) is 29.8 Å². The van der Waals surface area contributed by atoms with Crippen LogP contribution in [-0.2, 0) is 19.4 Å². The van der Waals surface area contributed by atoms with Gasteiger partial charge in [-0.05, 0) is 31.0 Å². The highest BCUT2D eigenvalue weighted by Crippen LogP contribution is 2.11. The van der Waals surface area contributed by atoms with Gasteiger partial charge < -0.3 is 10.4 Å². The molecule has 1 atom stereocenters. The van der Waals surface area contributed by atoms with E-state index in [9.17, 15) is 18.0 Å². The van der Waals surface area contributed by atoms with Crippen molar-refractivity contribution in [3.8, 4) is 0 Å². The quantitative estimate of drug-likeness (QED) is 0.822. The molecular formula is C13H17NO5S. The van der Waals surface area contributed by atoms with Crippen molar-refractivity contribution in [2.45, 2.75) is 25.5 Å². The third-order valence-electron chi connectivity index (χ3n) is 2.71. The Morgan fingerprint density at radius 1 is 1.35 bits per heavy atom. The second-order valence-corrected chi connectivity index (χ2v) is 6.64. The summed E-state index contributed by atoms with van der Waals surface area (Å²) in [6.07, 6.45) is -0.0740. The van der Waals surface area contributed by atoms with Gasteiger partial charge in [-0.15, -0.1) is 0 Å². The van der Waals surface area contributed by atoms with Crippen molar-refractivity contribution >= 4 is 27.4 Å². The average Bonchev–Trinajstić information content (AvgIpc) is 2.27. The third-order valence-corrected chi connectivity index (χ3v) is 4.78. The van der Waals surface area contributed by atoms with Gasteiger partial charge >= 0.3 is 5.97 Å². The molecule has 2 N–H and O–H groups in total. The van der Waals surface area contributed by atoms with E-state index in [0.717, 1.165) is 5.56 Å². The van der Waals surface area contributed by atoms with Gasteiger partial charge in [-0.25, -0.2) is 8.42 Å². The van der Waals surface area contributed by atoms with Crippen molar-refractivity contribution in [1.82, 2.24) is 0 Å². The van der Waals surface area contributed by atoms with E-state index >= 15 is 0 Å². The molecule has 1 rings (SSSR count). The van der Waals surface area contributed by atoms with Crippen LogP contribution in [0, 0.1) is 6.92 Å². The van der Waals surface area contributed by atoms with E-state index in [1.54, 1.807) is 18.2 Å². The van der Waals surface area contributed by atoms with E-state index in [4.69, 9.17) is 5.11 Å². The maximum Gasteiger partial charge on any atom is 0.321 e. The molecule has 1 aromatic carbocycles. The number of sulfone groups is 1. The summed E-state index contributed by atoms with van der Waals surface area (Å²) in [6.45, 7) is 3.29. The number of hydrogen-bond donors (Lipinski definition) is 2. The molecule has 0 spiro atoms. The number of aryl methyl sites for hydroxylation is 1. The topological polar surface area (TPSA) is 101 Å². The number of amides is 1. The summed E-state index contributed by atoms with van der Waals surface area (Å²) in [6, 6.07) is 6.89. The monoisotopic (exact) mass is 299 g/mol. The summed E-state index contributed by atoms with van der Waals surface area (Å²) in [5, 5.41) is 9.73. The van der Waals surface area contributed by atoms with Crippen LogP contribution in [0.25, 0.3) is 0 Å². The molecule has 0 fully saturated rings. The van der Waals surface area contributed by atoms with Gasteiger partial charge in [-0.1, -0.05) is 19.1 Å². The molecule has 0 heterocycles. The average molecular weight is 299 g/mol. The Kier molecular flexibility index (Phi) is 5.26. The van der Waals surface area contributed by atoms with Gasteiger partial charge in [0.1, 0.15) is 5.75 Å². The first-order chi connectivity index (χ1) is 9.26. The number of carbonyl (C=O) groups excluding carboxylic acids is 1. The first-order valence-corrected chi connectivity index (χ1v) is 7.78. The summed E-state index contributed by atoms with van der Waals surface area (Å²) < 4.78 is 23.7. The number of aliphatic carboxylic acids is 1. The number of anilines is 1. The van der Waals surface area contributed by atoms with Crippen LogP contribution in [0.4, 0.5) is 5.69 Å². The zero-order valence-corrected chi connectivity index (χ0v) is 12.1. The number of carbonyl (C=O) groups is 2. The minimum absolute atomic E-state index is 0.0740. The Morgan fingerprint density at radius 2 is 2.00 bits per heavy atom. The summed E-state index contributed by atoms with van der Waals surface area (Å²) >= 11 is 0. The Labute approximate surface area is 117 Å². The molecule has 7 heteroatoms. The molecular weight excluding hydrogens is 282 g/mol. The molecule has 0 saturated carbocycles. The van der Waals surface area contributed by atoms with Crippen LogP contribution in [0.2, 0.25) is 0 Å². The largest absolute Gasteiger partial charge is 0.480 e. The van der Waals surface area contributed by atoms with Crippen molar-refractivity contribution < 1.29 is 23.1 Å². The minimum atomic E-state index is -4.01. The fraction of sp³-hybridized carbons (Fsp3) is 0.385. The predicted octanol–water partition coefficient (Wildman–Crippen LogP) is 1.21. The van der Waals surface area contributed by atoms with E-state index in [-0.39, 0.29) is 6.42 Å². The first-order valence-electron chi connectivity index (χ1n) is 6.07. The molecule has 1 unspecified atom stereocenters. The second kappa shape index (κ2) is 6.51. The van der Waals surface area contributed by atoms with Crippen molar-refractivity contribution in [2.75, 3.05) is 11.1 Å². The van der Waals surface area contributed by atoms with E-state index in [2.05, 4.69) is 5.32 Å². The lowest BCUT2D eigenvalue weighted by Crippen LogP contribution is -2.35. The Bertz CT molecular complexity index is 609. The lowest BCUT2D eigenvalue weighted by Gasteiger charge is -2.11. The van der Waals surface area contributed by atoms with Gasteiger partial charge in [0.15, 0.2) is 15.1 Å². The van der Waals surface area contributed by atoms with Crippen LogP contribution in [0.1, 0.15) is 18.9 Å². The van der Waals surface area contributed by atoms with Crippen LogP contribution in [0.15, 0.2) is 24.3 Å². The molecule has 0 aliphatic heterocycles. The number of hydrogen-bond acceptors (Lipinski definition) is 4. The zero-order valence-electron chi connectivity index (χ0n) is 11.3. The number of benzene rings is 1. The lowest BCUT2D eigenvalue weighted by atomic mass is 10.2. The molecule has 0 radical (unpaired) electrons. The van der Waals surface area contributed by atoms with Crippen molar-refractivity contribution in [2.24, 2.45) is 0 Å². The molecule has 20 heavy (non-hydrogen) atoms. The van der Waals surface area contributed by atoms with E-state index in [1.165, 1.54) is 6.92 Å².